The van der Waals surface area contributed by atoms with Gasteiger partial charge in [0.05, 0.1) is 16.2 Å². The number of aryl methyl sites for hydroxylation is 1. The first-order chi connectivity index (χ1) is 10.2. The van der Waals surface area contributed by atoms with Gasteiger partial charge in [-0.1, -0.05) is 35.3 Å². The summed E-state index contributed by atoms with van der Waals surface area (Å²) in [5.41, 5.74) is 3.05. The second kappa shape index (κ2) is 5.96. The van der Waals surface area contributed by atoms with Crippen molar-refractivity contribution in [2.75, 3.05) is 0 Å². The van der Waals surface area contributed by atoms with Crippen LogP contribution in [0.25, 0.3) is 11.0 Å². The Kier molecular flexibility index (Phi) is 4.04. The summed E-state index contributed by atoms with van der Waals surface area (Å²) in [7, 11) is 0. The van der Waals surface area contributed by atoms with Crippen molar-refractivity contribution in [1.29, 1.82) is 0 Å². The average molecular weight is 322 g/mol. The van der Waals surface area contributed by atoms with E-state index in [1.165, 1.54) is 5.56 Å². The standard InChI is InChI=1S/C16H13Cl2NO2/c1-2-10-5-11-8-19-21-16(11)6-12(10)9-20-13-3-4-14(17)15(18)7-13/h3-8H,2,9H2,1H3. The van der Waals surface area contributed by atoms with Crippen LogP contribution in [0.2, 0.25) is 10.0 Å². The zero-order valence-electron chi connectivity index (χ0n) is 11.4. The molecule has 21 heavy (non-hydrogen) atoms. The number of hydrogen-bond acceptors (Lipinski definition) is 3. The van der Waals surface area contributed by atoms with Crippen molar-refractivity contribution in [1.82, 2.24) is 5.16 Å². The lowest BCUT2D eigenvalue weighted by atomic mass is 10.0. The quantitative estimate of drug-likeness (QED) is 0.656. The predicted octanol–water partition coefficient (Wildman–Crippen LogP) is 5.28. The van der Waals surface area contributed by atoms with Gasteiger partial charge < -0.3 is 9.26 Å². The van der Waals surface area contributed by atoms with Gasteiger partial charge in [0.2, 0.25) is 0 Å². The van der Waals surface area contributed by atoms with Gasteiger partial charge in [0, 0.05) is 11.5 Å². The largest absolute Gasteiger partial charge is 0.489 e. The first-order valence-corrected chi connectivity index (χ1v) is 7.37. The molecule has 5 heteroatoms. The SMILES string of the molecule is CCc1cc2cnoc2cc1COc1ccc(Cl)c(Cl)c1. The highest BCUT2D eigenvalue weighted by molar-refractivity contribution is 6.42. The molecule has 1 heterocycles. The molecule has 3 nitrogen and oxygen atoms in total. The van der Waals surface area contributed by atoms with E-state index in [-0.39, 0.29) is 0 Å². The highest BCUT2D eigenvalue weighted by Gasteiger charge is 2.08. The summed E-state index contributed by atoms with van der Waals surface area (Å²) >= 11 is 11.9. The molecule has 0 N–H and O–H groups in total. The van der Waals surface area contributed by atoms with Crippen LogP contribution in [0.3, 0.4) is 0 Å². The normalized spacial score (nSPS) is 11.0. The van der Waals surface area contributed by atoms with E-state index in [1.807, 2.05) is 6.07 Å². The summed E-state index contributed by atoms with van der Waals surface area (Å²) in [6.07, 6.45) is 2.64. The Labute approximate surface area is 132 Å². The molecule has 0 aliphatic heterocycles. The Hall–Kier alpha value is -1.71. The molecule has 0 saturated heterocycles. The topological polar surface area (TPSA) is 35.3 Å². The van der Waals surface area contributed by atoms with Crippen molar-refractivity contribution >= 4 is 34.2 Å². The summed E-state index contributed by atoms with van der Waals surface area (Å²) in [5, 5.41) is 5.81. The lowest BCUT2D eigenvalue weighted by Gasteiger charge is -2.10. The number of halogens is 2. The number of aromatic nitrogens is 1. The fourth-order valence-corrected chi connectivity index (χ4v) is 2.48. The lowest BCUT2D eigenvalue weighted by molar-refractivity contribution is 0.305. The van der Waals surface area contributed by atoms with E-state index in [0.29, 0.717) is 22.4 Å². The van der Waals surface area contributed by atoms with E-state index in [4.69, 9.17) is 32.5 Å². The smallest absolute Gasteiger partial charge is 0.167 e. The van der Waals surface area contributed by atoms with Crippen LogP contribution in [-0.2, 0) is 13.0 Å². The Balaban J connectivity index is 1.84. The second-order valence-corrected chi connectivity index (χ2v) is 5.52. The second-order valence-electron chi connectivity index (χ2n) is 4.70. The van der Waals surface area contributed by atoms with Crippen LogP contribution in [0, 0.1) is 0 Å². The summed E-state index contributed by atoms with van der Waals surface area (Å²) < 4.78 is 11.0. The van der Waals surface area contributed by atoms with Crippen LogP contribution in [0.15, 0.2) is 41.1 Å². The zero-order valence-corrected chi connectivity index (χ0v) is 12.9. The first kappa shape index (κ1) is 14.2. The number of nitrogens with zero attached hydrogens (tertiary/aromatic N) is 1. The Morgan fingerprint density at radius 1 is 1.10 bits per heavy atom. The Morgan fingerprint density at radius 2 is 1.95 bits per heavy atom. The average Bonchev–Trinajstić information content (AvgIpc) is 2.94. The Morgan fingerprint density at radius 3 is 2.71 bits per heavy atom. The van der Waals surface area contributed by atoms with Crippen LogP contribution in [0.4, 0.5) is 0 Å². The minimum absolute atomic E-state index is 0.442. The number of hydrogen-bond donors (Lipinski definition) is 0. The van der Waals surface area contributed by atoms with Gasteiger partial charge in [-0.2, -0.15) is 0 Å². The molecule has 0 unspecified atom stereocenters. The molecular formula is C16H13Cl2NO2. The summed E-state index contributed by atoms with van der Waals surface area (Å²) in [6.45, 7) is 2.55. The molecule has 1 aromatic heterocycles. The van der Waals surface area contributed by atoms with Crippen molar-refractivity contribution < 1.29 is 9.26 Å². The number of fused-ring (bicyclic) bond motifs is 1. The van der Waals surface area contributed by atoms with Gasteiger partial charge in [-0.05, 0) is 41.8 Å². The molecule has 0 spiro atoms. The fraction of sp³-hybridized carbons (Fsp3) is 0.188. The highest BCUT2D eigenvalue weighted by Crippen LogP contribution is 2.27. The maximum atomic E-state index is 5.98. The predicted molar refractivity (Wildman–Crippen MR) is 84.2 cm³/mol. The molecule has 0 amide bonds. The Bertz CT molecular complexity index is 783. The van der Waals surface area contributed by atoms with E-state index in [1.54, 1.807) is 24.4 Å². The molecule has 108 valence electrons. The number of ether oxygens (including phenoxy) is 1. The van der Waals surface area contributed by atoms with Crippen molar-refractivity contribution in [2.45, 2.75) is 20.0 Å². The van der Waals surface area contributed by atoms with Crippen LogP contribution in [0.1, 0.15) is 18.1 Å². The minimum Gasteiger partial charge on any atom is -0.489 e. The number of rotatable bonds is 4. The van der Waals surface area contributed by atoms with Crippen LogP contribution < -0.4 is 4.74 Å². The van der Waals surface area contributed by atoms with Crippen LogP contribution in [-0.4, -0.2) is 5.16 Å². The van der Waals surface area contributed by atoms with Crippen LogP contribution >= 0.6 is 23.2 Å². The molecule has 0 fully saturated rings. The monoisotopic (exact) mass is 321 g/mol. The summed E-state index contributed by atoms with van der Waals surface area (Å²) in [4.78, 5) is 0. The minimum atomic E-state index is 0.442. The maximum absolute atomic E-state index is 5.98. The van der Waals surface area contributed by atoms with Gasteiger partial charge in [-0.15, -0.1) is 0 Å². The van der Waals surface area contributed by atoms with Gasteiger partial charge in [0.15, 0.2) is 5.58 Å². The molecule has 0 atom stereocenters. The van der Waals surface area contributed by atoms with E-state index in [9.17, 15) is 0 Å². The molecule has 3 rings (SSSR count). The van der Waals surface area contributed by atoms with E-state index < -0.39 is 0 Å². The maximum Gasteiger partial charge on any atom is 0.167 e. The molecule has 0 aliphatic rings. The van der Waals surface area contributed by atoms with Crippen molar-refractivity contribution in [3.05, 3.63) is 57.7 Å². The van der Waals surface area contributed by atoms with E-state index >= 15 is 0 Å². The van der Waals surface area contributed by atoms with Gasteiger partial charge in [-0.25, -0.2) is 0 Å². The summed E-state index contributed by atoms with van der Waals surface area (Å²) in [6, 6.07) is 9.28. The third-order valence-corrected chi connectivity index (χ3v) is 4.08. The van der Waals surface area contributed by atoms with Gasteiger partial charge >= 0.3 is 0 Å². The molecule has 2 aromatic carbocycles. The lowest BCUT2D eigenvalue weighted by Crippen LogP contribution is -1.99. The van der Waals surface area contributed by atoms with Crippen molar-refractivity contribution in [3.8, 4) is 5.75 Å². The molecule has 0 radical (unpaired) electrons. The first-order valence-electron chi connectivity index (χ1n) is 6.61. The molecule has 0 saturated carbocycles. The fourth-order valence-electron chi connectivity index (χ4n) is 2.20. The van der Waals surface area contributed by atoms with Gasteiger partial charge in [0.1, 0.15) is 12.4 Å². The molecule has 3 aromatic rings. The molecule has 0 bridgehead atoms. The van der Waals surface area contributed by atoms with Crippen molar-refractivity contribution in [3.63, 3.8) is 0 Å². The molecular weight excluding hydrogens is 309 g/mol. The zero-order chi connectivity index (χ0) is 14.8. The van der Waals surface area contributed by atoms with E-state index in [2.05, 4.69) is 18.1 Å². The third kappa shape index (κ3) is 2.99. The molecule has 0 aliphatic carbocycles. The highest BCUT2D eigenvalue weighted by atomic mass is 35.5. The van der Waals surface area contributed by atoms with Crippen molar-refractivity contribution in [2.24, 2.45) is 0 Å². The van der Waals surface area contributed by atoms with Gasteiger partial charge in [0.25, 0.3) is 0 Å². The van der Waals surface area contributed by atoms with Crippen LogP contribution in [0.5, 0.6) is 5.75 Å². The summed E-state index contributed by atoms with van der Waals surface area (Å²) in [5.74, 6) is 0.684. The third-order valence-electron chi connectivity index (χ3n) is 3.34. The van der Waals surface area contributed by atoms with Gasteiger partial charge in [-0.3, -0.25) is 0 Å². The van der Waals surface area contributed by atoms with E-state index in [0.717, 1.165) is 23.0 Å². The number of benzene rings is 2.